The monoisotopic (exact) mass is 597 g/mol. The molecule has 0 aromatic carbocycles. The summed E-state index contributed by atoms with van der Waals surface area (Å²) in [6, 6.07) is 7.03. The lowest BCUT2D eigenvalue weighted by Crippen LogP contribution is -2.44. The maximum atomic E-state index is 13.4. The second-order valence-corrected chi connectivity index (χ2v) is 16.5. The molecule has 0 fully saturated rings. The van der Waals surface area contributed by atoms with Gasteiger partial charge in [0.1, 0.15) is 17.5 Å². The van der Waals surface area contributed by atoms with E-state index in [1.165, 1.54) is 11.0 Å². The molecule has 41 heavy (non-hydrogen) atoms. The summed E-state index contributed by atoms with van der Waals surface area (Å²) in [7, 11) is -1.98. The van der Waals surface area contributed by atoms with Gasteiger partial charge in [-0.05, 0) is 55.7 Å². The minimum atomic E-state index is -1.98. The Morgan fingerprint density at radius 3 is 2.56 bits per heavy atom. The Morgan fingerprint density at radius 2 is 1.88 bits per heavy atom. The van der Waals surface area contributed by atoms with Crippen molar-refractivity contribution in [1.82, 2.24) is 29.7 Å². The zero-order valence-electron chi connectivity index (χ0n) is 24.4. The second-order valence-electron chi connectivity index (χ2n) is 11.3. The van der Waals surface area contributed by atoms with Gasteiger partial charge in [-0.15, -0.1) is 0 Å². The zero-order valence-corrected chi connectivity index (χ0v) is 26.1. The summed E-state index contributed by atoms with van der Waals surface area (Å²) < 4.78 is 20.0. The van der Waals surface area contributed by atoms with Gasteiger partial charge in [-0.2, -0.15) is 9.78 Å². The lowest BCUT2D eigenvalue weighted by molar-refractivity contribution is -0.126. The largest absolute Gasteiger partial charge is 0.461 e. The average molecular weight is 598 g/mol. The van der Waals surface area contributed by atoms with E-state index >= 15 is 0 Å². The van der Waals surface area contributed by atoms with Crippen molar-refractivity contribution in [3.05, 3.63) is 59.8 Å². The topological polar surface area (TPSA) is 126 Å². The average Bonchev–Trinajstić information content (AvgIpc) is 3.33. The fourth-order valence-corrected chi connectivity index (χ4v) is 5.34. The molecule has 218 valence electrons. The predicted molar refractivity (Wildman–Crippen MR) is 160 cm³/mol. The van der Waals surface area contributed by atoms with E-state index in [4.69, 9.17) is 25.5 Å². The summed E-state index contributed by atoms with van der Waals surface area (Å²) in [4.78, 5) is 30.6. The molecular weight excluding hydrogens is 562 g/mol. The number of aryl methyl sites for hydroxylation is 1. The van der Waals surface area contributed by atoms with Crippen LogP contribution in [0.15, 0.2) is 49.2 Å². The van der Waals surface area contributed by atoms with Gasteiger partial charge in [0.15, 0.2) is 19.8 Å². The zero-order chi connectivity index (χ0) is 29.8. The van der Waals surface area contributed by atoms with Gasteiger partial charge in [0, 0.05) is 12.4 Å². The van der Waals surface area contributed by atoms with E-state index in [0.29, 0.717) is 27.7 Å². The van der Waals surface area contributed by atoms with Crippen molar-refractivity contribution in [3.63, 3.8) is 0 Å². The van der Waals surface area contributed by atoms with Crippen LogP contribution in [0, 0.1) is 6.92 Å². The molecule has 1 N–H and O–H groups in total. The SMILES string of the molecule is Cc1ccc(NC(=O)[C@H](COCC(C)O[Si](C)(C)C(C)(C)C)Oc2ncnc3c2cnn3-c2ncccc2Cl)nc1. The molecule has 4 aromatic heterocycles. The number of pyridine rings is 2. The molecule has 0 bridgehead atoms. The van der Waals surface area contributed by atoms with Crippen molar-refractivity contribution in [2.24, 2.45) is 0 Å². The van der Waals surface area contributed by atoms with Crippen LogP contribution in [0.5, 0.6) is 5.88 Å². The number of aromatic nitrogens is 6. The number of anilines is 1. The Labute approximate surface area is 245 Å². The molecule has 0 aliphatic carbocycles. The number of rotatable bonds is 11. The first-order chi connectivity index (χ1) is 19.4. The third-order valence-corrected chi connectivity index (χ3v) is 11.8. The molecule has 11 nitrogen and oxygen atoms in total. The van der Waals surface area contributed by atoms with Crippen molar-refractivity contribution >= 4 is 42.7 Å². The Morgan fingerprint density at radius 1 is 1.10 bits per heavy atom. The fraction of sp³-hybridized carbons (Fsp3) is 0.429. The molecule has 4 aromatic rings. The number of fused-ring (bicyclic) bond motifs is 1. The first-order valence-corrected chi connectivity index (χ1v) is 16.6. The van der Waals surface area contributed by atoms with Gasteiger partial charge < -0.3 is 19.2 Å². The van der Waals surface area contributed by atoms with Gasteiger partial charge in [0.05, 0.1) is 30.5 Å². The van der Waals surface area contributed by atoms with E-state index in [1.54, 1.807) is 36.8 Å². The molecule has 4 rings (SSSR count). The summed E-state index contributed by atoms with van der Waals surface area (Å²) in [5, 5.41) is 8.14. The minimum Gasteiger partial charge on any atom is -0.461 e. The highest BCUT2D eigenvalue weighted by Crippen LogP contribution is 2.37. The van der Waals surface area contributed by atoms with Crippen LogP contribution in [-0.2, 0) is 14.0 Å². The number of ether oxygens (including phenoxy) is 2. The highest BCUT2D eigenvalue weighted by molar-refractivity contribution is 6.74. The first-order valence-electron chi connectivity index (χ1n) is 13.3. The molecule has 2 atom stereocenters. The molecule has 13 heteroatoms. The quantitative estimate of drug-likeness (QED) is 0.227. The van der Waals surface area contributed by atoms with Crippen molar-refractivity contribution in [2.75, 3.05) is 18.5 Å². The molecule has 1 amide bonds. The first kappa shape index (κ1) is 30.5. The van der Waals surface area contributed by atoms with Crippen LogP contribution in [0.1, 0.15) is 33.3 Å². The lowest BCUT2D eigenvalue weighted by Gasteiger charge is -2.38. The van der Waals surface area contributed by atoms with Gasteiger partial charge in [0.25, 0.3) is 5.91 Å². The summed E-state index contributed by atoms with van der Waals surface area (Å²) in [5.74, 6) is 0.535. The Hall–Kier alpha value is -3.45. The number of hydrogen-bond donors (Lipinski definition) is 1. The normalized spacial score (nSPS) is 13.7. The molecule has 0 saturated heterocycles. The van der Waals surface area contributed by atoms with E-state index in [9.17, 15) is 4.79 Å². The third kappa shape index (κ3) is 7.44. The van der Waals surface area contributed by atoms with E-state index < -0.39 is 20.3 Å². The van der Waals surface area contributed by atoms with Crippen LogP contribution < -0.4 is 10.1 Å². The Bertz CT molecular complexity index is 1490. The van der Waals surface area contributed by atoms with Crippen LogP contribution >= 0.6 is 11.6 Å². The maximum absolute atomic E-state index is 13.4. The van der Waals surface area contributed by atoms with Gasteiger partial charge in [-0.3, -0.25) is 4.79 Å². The summed E-state index contributed by atoms with van der Waals surface area (Å²) in [5.41, 5.74) is 1.40. The van der Waals surface area contributed by atoms with Crippen LogP contribution in [0.25, 0.3) is 16.9 Å². The Balaban J connectivity index is 1.54. The molecule has 0 aliphatic heterocycles. The molecular formula is C28H36ClN7O4Si. The van der Waals surface area contributed by atoms with Crippen LogP contribution in [-0.4, -0.2) is 69.4 Å². The highest BCUT2D eigenvalue weighted by atomic mass is 35.5. The smallest absolute Gasteiger partial charge is 0.269 e. The third-order valence-electron chi connectivity index (χ3n) is 6.90. The standard InChI is InChI=1S/C28H36ClN7O4Si/c1-18-10-11-23(31-13-18)35-26(37)22(16-38-15-19(2)40-41(6,7)28(3,4)5)39-27-20-14-34-36(24(20)32-17-33-27)25-21(29)9-8-12-30-25/h8-14,17,19,22H,15-16H2,1-7H3,(H,31,35,37)/t19?,22-/m0/s1. The number of amides is 1. The molecule has 0 aliphatic rings. The van der Waals surface area contributed by atoms with E-state index in [2.05, 4.69) is 64.2 Å². The lowest BCUT2D eigenvalue weighted by atomic mass is 10.2. The van der Waals surface area contributed by atoms with Gasteiger partial charge >= 0.3 is 0 Å². The number of nitrogens with one attached hydrogen (secondary N) is 1. The van der Waals surface area contributed by atoms with Gasteiger partial charge in [-0.1, -0.05) is 38.4 Å². The predicted octanol–water partition coefficient (Wildman–Crippen LogP) is 5.38. The number of nitrogens with zero attached hydrogens (tertiary/aromatic N) is 6. The molecule has 0 radical (unpaired) electrons. The summed E-state index contributed by atoms with van der Waals surface area (Å²) in [6.45, 7) is 15.1. The number of carbonyl (C=O) groups is 1. The van der Waals surface area contributed by atoms with Crippen molar-refractivity contribution in [1.29, 1.82) is 0 Å². The molecule has 4 heterocycles. The highest BCUT2D eigenvalue weighted by Gasteiger charge is 2.38. The fourth-order valence-electron chi connectivity index (χ4n) is 3.71. The summed E-state index contributed by atoms with van der Waals surface area (Å²) >= 11 is 6.33. The minimum absolute atomic E-state index is 0.0470. The van der Waals surface area contributed by atoms with Crippen molar-refractivity contribution in [3.8, 4) is 11.7 Å². The maximum Gasteiger partial charge on any atom is 0.269 e. The van der Waals surface area contributed by atoms with Gasteiger partial charge in [0.2, 0.25) is 12.0 Å². The Kier molecular flexibility index (Phi) is 9.37. The second kappa shape index (κ2) is 12.6. The van der Waals surface area contributed by atoms with Crippen LogP contribution in [0.2, 0.25) is 23.2 Å². The number of carbonyl (C=O) groups excluding carboxylic acids is 1. The number of halogens is 1. The molecule has 0 spiro atoms. The van der Waals surface area contributed by atoms with Crippen molar-refractivity contribution in [2.45, 2.75) is 65.0 Å². The summed E-state index contributed by atoms with van der Waals surface area (Å²) in [6.07, 6.45) is 4.94. The molecule has 0 saturated carbocycles. The van der Waals surface area contributed by atoms with Crippen molar-refractivity contribution < 1.29 is 18.7 Å². The van der Waals surface area contributed by atoms with Crippen LogP contribution in [0.3, 0.4) is 0 Å². The molecule has 1 unspecified atom stereocenters. The van der Waals surface area contributed by atoms with Gasteiger partial charge in [-0.25, -0.2) is 19.9 Å². The van der Waals surface area contributed by atoms with E-state index in [1.807, 2.05) is 19.9 Å². The number of hydrogen-bond acceptors (Lipinski definition) is 9. The van der Waals surface area contributed by atoms with Crippen LogP contribution in [0.4, 0.5) is 5.82 Å². The van der Waals surface area contributed by atoms with E-state index in [-0.39, 0.29) is 30.2 Å². The van der Waals surface area contributed by atoms with E-state index in [0.717, 1.165) is 5.56 Å².